The van der Waals surface area contributed by atoms with E-state index in [1.54, 1.807) is 23.3 Å². The minimum Gasteiger partial charge on any atom is -0.253 e. The van der Waals surface area contributed by atoms with Gasteiger partial charge in [-0.3, -0.25) is 9.97 Å². The zero-order chi connectivity index (χ0) is 10.1. The molecule has 0 spiro atoms. The summed E-state index contributed by atoms with van der Waals surface area (Å²) in [6, 6.07) is 7.78. The summed E-state index contributed by atoms with van der Waals surface area (Å²) < 4.78 is 1.80. The van der Waals surface area contributed by atoms with E-state index in [1.807, 2.05) is 30.5 Å². The molecule has 72 valence electrons. The highest BCUT2D eigenvalue weighted by atomic mass is 15.3. The summed E-state index contributed by atoms with van der Waals surface area (Å²) in [6.45, 7) is 0. The smallest absolute Gasteiger partial charge is 0.0908 e. The fourth-order valence-corrected chi connectivity index (χ4v) is 1.52. The summed E-state index contributed by atoms with van der Waals surface area (Å²) in [6.07, 6.45) is 7.03. The van der Waals surface area contributed by atoms with Crippen molar-refractivity contribution in [2.45, 2.75) is 0 Å². The quantitative estimate of drug-likeness (QED) is 0.596. The molecular formula is C11H8N4. The topological polar surface area (TPSA) is 43.6 Å². The summed E-state index contributed by atoms with van der Waals surface area (Å²) in [4.78, 5) is 8.46. The predicted octanol–water partition coefficient (Wildman–Crippen LogP) is 1.82. The molecule has 2 heterocycles. The Bertz CT molecular complexity index is 586. The maximum Gasteiger partial charge on any atom is 0.0908 e. The summed E-state index contributed by atoms with van der Waals surface area (Å²) in [7, 11) is 0. The summed E-state index contributed by atoms with van der Waals surface area (Å²) in [5.41, 5.74) is 2.77. The highest BCUT2D eigenvalue weighted by Crippen LogP contribution is 2.13. The Morgan fingerprint density at radius 3 is 2.60 bits per heavy atom. The molecule has 0 unspecified atom stereocenters. The van der Waals surface area contributed by atoms with Crippen molar-refractivity contribution in [3.63, 3.8) is 0 Å². The van der Waals surface area contributed by atoms with E-state index in [0.717, 1.165) is 16.7 Å². The van der Waals surface area contributed by atoms with Crippen LogP contribution in [0.5, 0.6) is 0 Å². The van der Waals surface area contributed by atoms with Crippen LogP contribution in [0.4, 0.5) is 0 Å². The van der Waals surface area contributed by atoms with E-state index in [-0.39, 0.29) is 0 Å². The molecule has 3 aromatic rings. The van der Waals surface area contributed by atoms with Gasteiger partial charge in [0.1, 0.15) is 0 Å². The summed E-state index contributed by atoms with van der Waals surface area (Å²) >= 11 is 0. The first-order chi connectivity index (χ1) is 7.43. The average molecular weight is 196 g/mol. The molecule has 0 bridgehead atoms. The zero-order valence-electron chi connectivity index (χ0n) is 7.91. The van der Waals surface area contributed by atoms with E-state index >= 15 is 0 Å². The fourth-order valence-electron chi connectivity index (χ4n) is 1.52. The molecule has 0 saturated heterocycles. The second-order valence-electron chi connectivity index (χ2n) is 3.18. The number of rotatable bonds is 1. The van der Waals surface area contributed by atoms with Gasteiger partial charge in [0.15, 0.2) is 0 Å². The first-order valence-electron chi connectivity index (χ1n) is 4.64. The van der Waals surface area contributed by atoms with Gasteiger partial charge in [-0.05, 0) is 24.3 Å². The van der Waals surface area contributed by atoms with Gasteiger partial charge in [-0.1, -0.05) is 0 Å². The van der Waals surface area contributed by atoms with Gasteiger partial charge >= 0.3 is 0 Å². The minimum atomic E-state index is 0.880. The van der Waals surface area contributed by atoms with Gasteiger partial charge in [-0.2, -0.15) is 5.10 Å². The van der Waals surface area contributed by atoms with E-state index in [9.17, 15) is 0 Å². The van der Waals surface area contributed by atoms with Gasteiger partial charge in [-0.15, -0.1) is 0 Å². The van der Waals surface area contributed by atoms with Crippen LogP contribution in [-0.2, 0) is 0 Å². The molecular weight excluding hydrogens is 188 g/mol. The minimum absolute atomic E-state index is 0.880. The van der Waals surface area contributed by atoms with Gasteiger partial charge < -0.3 is 0 Å². The Balaban J connectivity index is 2.22. The average Bonchev–Trinajstić information content (AvgIpc) is 2.82. The van der Waals surface area contributed by atoms with Crippen LogP contribution in [0.15, 0.2) is 49.1 Å². The van der Waals surface area contributed by atoms with Crippen LogP contribution in [0.2, 0.25) is 0 Å². The van der Waals surface area contributed by atoms with Crippen LogP contribution in [0, 0.1) is 0 Å². The lowest BCUT2D eigenvalue weighted by Crippen LogP contribution is -1.94. The fraction of sp³-hybridized carbons (Fsp3) is 0. The first kappa shape index (κ1) is 8.11. The van der Waals surface area contributed by atoms with E-state index in [2.05, 4.69) is 15.1 Å². The largest absolute Gasteiger partial charge is 0.253 e. The zero-order valence-corrected chi connectivity index (χ0v) is 7.91. The molecule has 3 rings (SSSR count). The molecule has 0 atom stereocenters. The van der Waals surface area contributed by atoms with Crippen LogP contribution in [0.25, 0.3) is 16.7 Å². The van der Waals surface area contributed by atoms with Crippen LogP contribution in [0.1, 0.15) is 0 Å². The molecule has 2 aromatic heterocycles. The predicted molar refractivity (Wildman–Crippen MR) is 56.7 cm³/mol. The molecule has 4 heteroatoms. The Labute approximate surface area is 86.2 Å². The van der Waals surface area contributed by atoms with Gasteiger partial charge in [0.25, 0.3) is 0 Å². The normalized spacial score (nSPS) is 10.7. The number of hydrogen-bond donors (Lipinski definition) is 0. The molecule has 0 N–H and O–H groups in total. The number of benzene rings is 1. The molecule has 0 fully saturated rings. The lowest BCUT2D eigenvalue weighted by atomic mass is 10.2. The number of aromatic nitrogens is 4. The number of fused-ring (bicyclic) bond motifs is 1. The van der Waals surface area contributed by atoms with Crippen LogP contribution >= 0.6 is 0 Å². The van der Waals surface area contributed by atoms with E-state index in [0.29, 0.717) is 0 Å². The van der Waals surface area contributed by atoms with Gasteiger partial charge in [0.05, 0.1) is 16.7 Å². The van der Waals surface area contributed by atoms with Gasteiger partial charge in [0.2, 0.25) is 0 Å². The third-order valence-electron chi connectivity index (χ3n) is 2.22. The molecule has 0 radical (unpaired) electrons. The van der Waals surface area contributed by atoms with E-state index in [4.69, 9.17) is 0 Å². The summed E-state index contributed by atoms with van der Waals surface area (Å²) in [5, 5.41) is 4.16. The standard InChI is InChI=1S/C11H8N4/c1-4-14-15(7-1)9-2-3-10-11(8-9)13-6-5-12-10/h1-8H. The van der Waals surface area contributed by atoms with Crippen molar-refractivity contribution in [2.24, 2.45) is 0 Å². The van der Waals surface area contributed by atoms with Gasteiger partial charge in [-0.25, -0.2) is 4.68 Å². The second kappa shape index (κ2) is 3.16. The van der Waals surface area contributed by atoms with E-state index in [1.165, 1.54) is 0 Å². The van der Waals surface area contributed by atoms with Crippen LogP contribution in [0.3, 0.4) is 0 Å². The Kier molecular flexibility index (Phi) is 1.71. The molecule has 0 saturated carbocycles. The molecule has 0 aliphatic carbocycles. The SMILES string of the molecule is c1cnn(-c2ccc3nccnc3c2)c1. The molecule has 0 aliphatic heterocycles. The Hall–Kier alpha value is -2.23. The monoisotopic (exact) mass is 196 g/mol. The summed E-state index contributed by atoms with van der Waals surface area (Å²) in [5.74, 6) is 0. The molecule has 0 amide bonds. The molecule has 1 aromatic carbocycles. The maximum atomic E-state index is 4.25. The van der Waals surface area contributed by atoms with Gasteiger partial charge in [0, 0.05) is 24.8 Å². The first-order valence-corrected chi connectivity index (χ1v) is 4.64. The highest BCUT2D eigenvalue weighted by Gasteiger charge is 1.99. The molecule has 15 heavy (non-hydrogen) atoms. The van der Waals surface area contributed by atoms with Crippen molar-refractivity contribution in [1.82, 2.24) is 19.7 Å². The van der Waals surface area contributed by atoms with Crippen molar-refractivity contribution in [3.8, 4) is 5.69 Å². The third kappa shape index (κ3) is 1.36. The lowest BCUT2D eigenvalue weighted by molar-refractivity contribution is 0.881. The van der Waals surface area contributed by atoms with E-state index < -0.39 is 0 Å². The lowest BCUT2D eigenvalue weighted by Gasteiger charge is -2.01. The molecule has 4 nitrogen and oxygen atoms in total. The van der Waals surface area contributed by atoms with Crippen molar-refractivity contribution >= 4 is 11.0 Å². The Morgan fingerprint density at radius 1 is 0.933 bits per heavy atom. The number of hydrogen-bond acceptors (Lipinski definition) is 3. The molecule has 0 aliphatic rings. The second-order valence-corrected chi connectivity index (χ2v) is 3.18. The van der Waals surface area contributed by atoms with Crippen molar-refractivity contribution < 1.29 is 0 Å². The van der Waals surface area contributed by atoms with Crippen molar-refractivity contribution in [1.29, 1.82) is 0 Å². The third-order valence-corrected chi connectivity index (χ3v) is 2.22. The van der Waals surface area contributed by atoms with Crippen molar-refractivity contribution in [2.75, 3.05) is 0 Å². The van der Waals surface area contributed by atoms with Crippen LogP contribution in [-0.4, -0.2) is 19.7 Å². The van der Waals surface area contributed by atoms with Crippen LogP contribution < -0.4 is 0 Å². The highest BCUT2D eigenvalue weighted by molar-refractivity contribution is 5.76. The number of nitrogens with zero attached hydrogens (tertiary/aromatic N) is 4. The van der Waals surface area contributed by atoms with Crippen molar-refractivity contribution in [3.05, 3.63) is 49.1 Å². The Morgan fingerprint density at radius 2 is 1.80 bits per heavy atom. The maximum absolute atomic E-state index is 4.25.